The number of pyridine rings is 1. The minimum Gasteiger partial charge on any atom is -0.288 e. The summed E-state index contributed by atoms with van der Waals surface area (Å²) in [5, 5.41) is 0. The van der Waals surface area contributed by atoms with Crippen LogP contribution in [0.25, 0.3) is 0 Å². The highest BCUT2D eigenvalue weighted by atomic mass is 14.8. The van der Waals surface area contributed by atoms with E-state index in [0.29, 0.717) is 0 Å². The van der Waals surface area contributed by atoms with E-state index in [-0.39, 0.29) is 0 Å². The summed E-state index contributed by atoms with van der Waals surface area (Å²) in [6, 6.07) is 2.08. The van der Waals surface area contributed by atoms with Crippen molar-refractivity contribution in [2.24, 2.45) is 4.99 Å². The molecule has 1 aliphatic heterocycles. The molecule has 0 aromatic carbocycles. The van der Waals surface area contributed by atoms with Crippen molar-refractivity contribution in [2.75, 3.05) is 0 Å². The molecule has 0 spiro atoms. The first-order valence-corrected chi connectivity index (χ1v) is 3.74. The number of fused-ring (bicyclic) bond motifs is 1. The average Bonchev–Trinajstić information content (AvgIpc) is 2.34. The molecule has 11 heavy (non-hydrogen) atoms. The van der Waals surface area contributed by atoms with Gasteiger partial charge in [0.1, 0.15) is 0 Å². The Morgan fingerprint density at radius 2 is 2.18 bits per heavy atom. The number of hydrogen-bond donors (Lipinski definition) is 0. The first-order chi connectivity index (χ1) is 5.27. The van der Waals surface area contributed by atoms with Gasteiger partial charge in [-0.2, -0.15) is 0 Å². The molecule has 0 amide bonds. The number of rotatable bonds is 0. The van der Waals surface area contributed by atoms with Gasteiger partial charge in [0, 0.05) is 28.7 Å². The maximum absolute atomic E-state index is 4.37. The molecule has 2 heteroatoms. The summed E-state index contributed by atoms with van der Waals surface area (Å²) >= 11 is 0. The van der Waals surface area contributed by atoms with E-state index in [2.05, 4.69) is 16.0 Å². The molecule has 1 aromatic rings. The third-order valence-electron chi connectivity index (χ3n) is 1.97. The SMILES string of the molecule is Cc1cc2c(c(C)n1)CN=C2. The lowest BCUT2D eigenvalue weighted by Gasteiger charge is -2.02. The fourth-order valence-corrected chi connectivity index (χ4v) is 1.44. The molecule has 2 heterocycles. The zero-order valence-corrected chi connectivity index (χ0v) is 6.76. The Hall–Kier alpha value is -1.18. The molecule has 2 rings (SSSR count). The molecule has 0 atom stereocenters. The summed E-state index contributed by atoms with van der Waals surface area (Å²) in [4.78, 5) is 8.55. The summed E-state index contributed by atoms with van der Waals surface area (Å²) in [5.74, 6) is 0. The summed E-state index contributed by atoms with van der Waals surface area (Å²) in [6.07, 6.45) is 1.93. The lowest BCUT2D eigenvalue weighted by atomic mass is 10.1. The summed E-state index contributed by atoms with van der Waals surface area (Å²) in [7, 11) is 0. The van der Waals surface area contributed by atoms with E-state index in [1.165, 1.54) is 11.1 Å². The molecule has 0 aliphatic carbocycles. The average molecular weight is 146 g/mol. The van der Waals surface area contributed by atoms with Crippen LogP contribution in [-0.4, -0.2) is 11.2 Å². The highest BCUT2D eigenvalue weighted by Gasteiger charge is 2.09. The molecule has 0 unspecified atom stereocenters. The number of aryl methyl sites for hydroxylation is 2. The third-order valence-corrected chi connectivity index (χ3v) is 1.97. The van der Waals surface area contributed by atoms with Crippen molar-refractivity contribution < 1.29 is 0 Å². The number of aromatic nitrogens is 1. The first-order valence-electron chi connectivity index (χ1n) is 3.74. The Bertz CT molecular complexity index is 327. The second kappa shape index (κ2) is 2.16. The topological polar surface area (TPSA) is 25.2 Å². The highest BCUT2D eigenvalue weighted by Crippen LogP contribution is 2.17. The van der Waals surface area contributed by atoms with Crippen molar-refractivity contribution in [1.82, 2.24) is 4.98 Å². The summed E-state index contributed by atoms with van der Waals surface area (Å²) in [5.41, 5.74) is 4.73. The highest BCUT2D eigenvalue weighted by molar-refractivity contribution is 5.84. The Morgan fingerprint density at radius 3 is 3.00 bits per heavy atom. The fourth-order valence-electron chi connectivity index (χ4n) is 1.44. The maximum Gasteiger partial charge on any atom is 0.0664 e. The van der Waals surface area contributed by atoms with Crippen molar-refractivity contribution in [3.05, 3.63) is 28.6 Å². The number of aliphatic imine (C=N–C) groups is 1. The largest absolute Gasteiger partial charge is 0.288 e. The van der Waals surface area contributed by atoms with Gasteiger partial charge in [0.05, 0.1) is 6.54 Å². The van der Waals surface area contributed by atoms with Crippen LogP contribution in [0.4, 0.5) is 0 Å². The molecular weight excluding hydrogens is 136 g/mol. The summed E-state index contributed by atoms with van der Waals surface area (Å²) in [6.45, 7) is 4.87. The molecule has 1 aromatic heterocycles. The van der Waals surface area contributed by atoms with E-state index in [4.69, 9.17) is 0 Å². The number of hydrogen-bond acceptors (Lipinski definition) is 2. The summed E-state index contributed by atoms with van der Waals surface area (Å²) < 4.78 is 0. The molecule has 1 aliphatic rings. The van der Waals surface area contributed by atoms with Gasteiger partial charge >= 0.3 is 0 Å². The minimum atomic E-state index is 0.814. The zero-order chi connectivity index (χ0) is 7.84. The predicted octanol–water partition coefficient (Wildman–Crippen LogP) is 1.63. The second-order valence-electron chi connectivity index (χ2n) is 2.89. The van der Waals surface area contributed by atoms with Crippen molar-refractivity contribution in [1.29, 1.82) is 0 Å². The lowest BCUT2D eigenvalue weighted by Crippen LogP contribution is -1.95. The van der Waals surface area contributed by atoms with Crippen LogP contribution < -0.4 is 0 Å². The van der Waals surface area contributed by atoms with Gasteiger partial charge in [0.25, 0.3) is 0 Å². The van der Waals surface area contributed by atoms with E-state index in [9.17, 15) is 0 Å². The monoisotopic (exact) mass is 146 g/mol. The Morgan fingerprint density at radius 1 is 1.36 bits per heavy atom. The van der Waals surface area contributed by atoms with Crippen LogP contribution in [0.1, 0.15) is 22.5 Å². The fraction of sp³-hybridized carbons (Fsp3) is 0.333. The smallest absolute Gasteiger partial charge is 0.0664 e. The minimum absolute atomic E-state index is 0.814. The van der Waals surface area contributed by atoms with E-state index in [0.717, 1.165) is 17.9 Å². The van der Waals surface area contributed by atoms with E-state index < -0.39 is 0 Å². The molecule has 0 N–H and O–H groups in total. The van der Waals surface area contributed by atoms with Gasteiger partial charge in [-0.25, -0.2) is 0 Å². The number of nitrogens with zero attached hydrogens (tertiary/aromatic N) is 2. The van der Waals surface area contributed by atoms with E-state index in [1.807, 2.05) is 20.1 Å². The van der Waals surface area contributed by atoms with Gasteiger partial charge in [0.15, 0.2) is 0 Å². The van der Waals surface area contributed by atoms with Gasteiger partial charge in [-0.3, -0.25) is 9.98 Å². The molecule has 0 saturated carbocycles. The van der Waals surface area contributed by atoms with Crippen LogP contribution in [0.5, 0.6) is 0 Å². The lowest BCUT2D eigenvalue weighted by molar-refractivity contribution is 1.02. The second-order valence-corrected chi connectivity index (χ2v) is 2.89. The zero-order valence-electron chi connectivity index (χ0n) is 6.76. The van der Waals surface area contributed by atoms with E-state index >= 15 is 0 Å². The van der Waals surface area contributed by atoms with Gasteiger partial charge in [-0.05, 0) is 19.9 Å². The van der Waals surface area contributed by atoms with Crippen LogP contribution in [0.3, 0.4) is 0 Å². The molecule has 56 valence electrons. The molecule has 0 fully saturated rings. The van der Waals surface area contributed by atoms with Crippen molar-refractivity contribution >= 4 is 6.21 Å². The molecule has 0 radical (unpaired) electrons. The van der Waals surface area contributed by atoms with Crippen molar-refractivity contribution in [3.63, 3.8) is 0 Å². The molecule has 2 nitrogen and oxygen atoms in total. The normalized spacial score (nSPS) is 13.6. The molecule has 0 bridgehead atoms. The van der Waals surface area contributed by atoms with Gasteiger partial charge in [-0.15, -0.1) is 0 Å². The third kappa shape index (κ3) is 0.946. The maximum atomic E-state index is 4.37. The molecule has 0 saturated heterocycles. The van der Waals surface area contributed by atoms with E-state index in [1.54, 1.807) is 0 Å². The Kier molecular flexibility index (Phi) is 1.28. The standard InChI is InChI=1S/C9H10N2/c1-6-3-8-4-10-5-9(8)7(2)11-6/h3-4H,5H2,1-2H3. The van der Waals surface area contributed by atoms with Crippen molar-refractivity contribution in [2.45, 2.75) is 20.4 Å². The Balaban J connectivity index is 2.66. The van der Waals surface area contributed by atoms with Gasteiger partial charge < -0.3 is 0 Å². The Labute approximate surface area is 66.0 Å². The predicted molar refractivity (Wildman–Crippen MR) is 45.0 cm³/mol. The van der Waals surface area contributed by atoms with Gasteiger partial charge in [0.2, 0.25) is 0 Å². The van der Waals surface area contributed by atoms with Crippen LogP contribution in [0.15, 0.2) is 11.1 Å². The van der Waals surface area contributed by atoms with Crippen LogP contribution in [0.2, 0.25) is 0 Å². The van der Waals surface area contributed by atoms with Crippen LogP contribution >= 0.6 is 0 Å². The van der Waals surface area contributed by atoms with Crippen LogP contribution in [-0.2, 0) is 6.54 Å². The van der Waals surface area contributed by atoms with Gasteiger partial charge in [-0.1, -0.05) is 0 Å². The quantitative estimate of drug-likeness (QED) is 0.546. The first kappa shape index (κ1) is 6.53. The molecular formula is C9H10N2. The van der Waals surface area contributed by atoms with Crippen LogP contribution in [0, 0.1) is 13.8 Å². The van der Waals surface area contributed by atoms with Crippen molar-refractivity contribution in [3.8, 4) is 0 Å².